The molecule has 0 spiro atoms. The van der Waals surface area contributed by atoms with Crippen LogP contribution < -0.4 is 9.80 Å². The van der Waals surface area contributed by atoms with Gasteiger partial charge in [0.15, 0.2) is 5.82 Å². The van der Waals surface area contributed by atoms with Crippen molar-refractivity contribution in [1.29, 1.82) is 0 Å². The summed E-state index contributed by atoms with van der Waals surface area (Å²) in [5.41, 5.74) is 3.43. The van der Waals surface area contributed by atoms with Crippen LogP contribution in [0.3, 0.4) is 0 Å². The van der Waals surface area contributed by atoms with Crippen LogP contribution in [0, 0.1) is 0 Å². The van der Waals surface area contributed by atoms with E-state index in [4.69, 9.17) is 0 Å². The number of carbonyl (C=O) groups excluding carboxylic acids is 1. The van der Waals surface area contributed by atoms with Crippen LogP contribution in [0.15, 0.2) is 18.5 Å². The average Bonchev–Trinajstić information content (AvgIpc) is 3.41. The summed E-state index contributed by atoms with van der Waals surface area (Å²) < 4.78 is 2.02. The van der Waals surface area contributed by atoms with Gasteiger partial charge in [-0.05, 0) is 30.2 Å². The predicted octanol–water partition coefficient (Wildman–Crippen LogP) is 2.04. The molecule has 0 N–H and O–H groups in total. The second-order valence-corrected chi connectivity index (χ2v) is 8.30. The summed E-state index contributed by atoms with van der Waals surface area (Å²) in [5.74, 6) is 3.38. The quantitative estimate of drug-likeness (QED) is 0.824. The normalized spacial score (nSPS) is 22.9. The lowest BCUT2D eigenvalue weighted by molar-refractivity contribution is -0.117. The lowest BCUT2D eigenvalue weighted by Crippen LogP contribution is -2.24. The van der Waals surface area contributed by atoms with Gasteiger partial charge in [-0.25, -0.2) is 0 Å². The zero-order valence-corrected chi connectivity index (χ0v) is 15.5. The van der Waals surface area contributed by atoms with Crippen molar-refractivity contribution in [3.63, 3.8) is 0 Å². The van der Waals surface area contributed by atoms with E-state index < -0.39 is 0 Å². The minimum Gasteiger partial charge on any atom is -0.353 e. The first-order valence-electron chi connectivity index (χ1n) is 9.30. The Balaban J connectivity index is 1.30. The van der Waals surface area contributed by atoms with E-state index in [1.165, 1.54) is 5.56 Å². The minimum atomic E-state index is 0.208. The molecule has 1 atom stereocenters. The maximum atomic E-state index is 11.9. The maximum absolute atomic E-state index is 11.9. The molecular weight excluding hydrogens is 348 g/mol. The molecule has 5 heterocycles. The van der Waals surface area contributed by atoms with Gasteiger partial charge >= 0.3 is 0 Å². The average molecular weight is 370 g/mol. The second-order valence-electron chi connectivity index (χ2n) is 7.19. The Morgan fingerprint density at radius 3 is 3.04 bits per heavy atom. The molecule has 8 heteroatoms. The van der Waals surface area contributed by atoms with Crippen LogP contribution in [0.4, 0.5) is 11.5 Å². The van der Waals surface area contributed by atoms with Crippen molar-refractivity contribution in [1.82, 2.24) is 20.0 Å². The van der Waals surface area contributed by atoms with Crippen molar-refractivity contribution in [2.24, 2.45) is 0 Å². The Kier molecular flexibility index (Phi) is 4.07. The van der Waals surface area contributed by atoms with E-state index >= 15 is 0 Å². The van der Waals surface area contributed by atoms with Crippen LogP contribution in [0.25, 0.3) is 0 Å². The first kappa shape index (κ1) is 16.1. The van der Waals surface area contributed by atoms with Gasteiger partial charge in [0, 0.05) is 44.4 Å². The number of rotatable bonds is 3. The fourth-order valence-corrected chi connectivity index (χ4v) is 4.99. The number of aryl methyl sites for hydroxylation is 1. The molecule has 2 fully saturated rings. The molecule has 0 radical (unpaired) electrons. The number of thioether (sulfide) groups is 1. The van der Waals surface area contributed by atoms with Crippen LogP contribution in [-0.2, 0) is 17.0 Å². The first-order chi connectivity index (χ1) is 12.8. The number of carbonyl (C=O) groups is 1. The Bertz CT molecular complexity index is 837. The van der Waals surface area contributed by atoms with Crippen molar-refractivity contribution in [3.8, 4) is 0 Å². The van der Waals surface area contributed by atoms with E-state index in [-0.39, 0.29) is 5.91 Å². The lowest BCUT2D eigenvalue weighted by atomic mass is 10.2. The molecule has 7 nitrogen and oxygen atoms in total. The highest BCUT2D eigenvalue weighted by Gasteiger charge is 2.28. The Morgan fingerprint density at radius 2 is 2.15 bits per heavy atom. The molecule has 0 aromatic carbocycles. The lowest BCUT2D eigenvalue weighted by Gasteiger charge is -2.20. The summed E-state index contributed by atoms with van der Waals surface area (Å²) in [6.07, 6.45) is 7.49. The zero-order valence-electron chi connectivity index (χ0n) is 14.7. The van der Waals surface area contributed by atoms with Crippen molar-refractivity contribution < 1.29 is 4.79 Å². The summed E-state index contributed by atoms with van der Waals surface area (Å²) in [5, 5.41) is 13.5. The number of anilines is 2. The molecule has 26 heavy (non-hydrogen) atoms. The number of hydrogen-bond acceptors (Lipinski definition) is 6. The molecule has 1 amide bonds. The summed E-state index contributed by atoms with van der Waals surface area (Å²) >= 11 is 1.97. The van der Waals surface area contributed by atoms with E-state index in [2.05, 4.69) is 26.3 Å². The molecule has 0 bridgehead atoms. The minimum absolute atomic E-state index is 0.208. The van der Waals surface area contributed by atoms with E-state index in [0.717, 1.165) is 67.6 Å². The molecule has 2 aromatic heterocycles. The smallest absolute Gasteiger partial charge is 0.227 e. The highest BCUT2D eigenvalue weighted by atomic mass is 32.2. The van der Waals surface area contributed by atoms with E-state index in [1.54, 1.807) is 0 Å². The van der Waals surface area contributed by atoms with Gasteiger partial charge in [0.2, 0.25) is 5.91 Å². The van der Waals surface area contributed by atoms with Crippen LogP contribution in [-0.4, -0.2) is 51.3 Å². The van der Waals surface area contributed by atoms with E-state index in [9.17, 15) is 4.79 Å². The van der Waals surface area contributed by atoms with Gasteiger partial charge in [0.05, 0.1) is 23.6 Å². The van der Waals surface area contributed by atoms with Crippen LogP contribution in [0.1, 0.15) is 36.6 Å². The number of amides is 1. The van der Waals surface area contributed by atoms with E-state index in [1.807, 2.05) is 33.7 Å². The summed E-state index contributed by atoms with van der Waals surface area (Å²) in [4.78, 5) is 16.1. The molecule has 5 rings (SSSR count). The number of hydrogen-bond donors (Lipinski definition) is 0. The van der Waals surface area contributed by atoms with Crippen molar-refractivity contribution in [3.05, 3.63) is 29.7 Å². The van der Waals surface area contributed by atoms with Gasteiger partial charge in [0.25, 0.3) is 0 Å². The summed E-state index contributed by atoms with van der Waals surface area (Å²) in [7, 11) is 0. The Hall–Kier alpha value is -2.09. The van der Waals surface area contributed by atoms with Crippen molar-refractivity contribution in [2.45, 2.75) is 37.5 Å². The van der Waals surface area contributed by atoms with Gasteiger partial charge in [0.1, 0.15) is 0 Å². The second kappa shape index (κ2) is 6.57. The largest absolute Gasteiger partial charge is 0.353 e. The van der Waals surface area contributed by atoms with Crippen molar-refractivity contribution >= 4 is 29.2 Å². The third-order valence-corrected chi connectivity index (χ3v) is 6.53. The van der Waals surface area contributed by atoms with Crippen LogP contribution in [0.2, 0.25) is 0 Å². The molecule has 0 aliphatic carbocycles. The highest BCUT2D eigenvalue weighted by Crippen LogP contribution is 2.30. The SMILES string of the molecule is O=C1CCCN1c1cnn(C2CCN(c3cc4c(nn3)CCSC4)C2)c1. The van der Waals surface area contributed by atoms with Gasteiger partial charge in [-0.15, -0.1) is 5.10 Å². The van der Waals surface area contributed by atoms with Crippen LogP contribution in [0.5, 0.6) is 0 Å². The number of aromatic nitrogens is 4. The summed E-state index contributed by atoms with van der Waals surface area (Å²) in [6, 6.07) is 2.53. The van der Waals surface area contributed by atoms with Crippen molar-refractivity contribution in [2.75, 3.05) is 35.2 Å². The standard InChI is InChI=1S/C18H22N6OS/c25-18-2-1-5-23(18)15-9-19-24(11-15)14-3-6-22(10-14)17-8-13-12-26-7-4-16(13)20-21-17/h8-9,11,14H,1-7,10,12H2. The molecule has 3 aliphatic rings. The Morgan fingerprint density at radius 1 is 1.19 bits per heavy atom. The highest BCUT2D eigenvalue weighted by molar-refractivity contribution is 7.98. The van der Waals surface area contributed by atoms with Gasteiger partial charge in [-0.3, -0.25) is 9.48 Å². The Labute approximate surface area is 156 Å². The number of nitrogens with zero attached hydrogens (tertiary/aromatic N) is 6. The monoisotopic (exact) mass is 370 g/mol. The van der Waals surface area contributed by atoms with Gasteiger partial charge in [-0.2, -0.15) is 22.0 Å². The molecule has 3 aliphatic heterocycles. The third-order valence-electron chi connectivity index (χ3n) is 5.52. The summed E-state index contributed by atoms with van der Waals surface area (Å²) in [6.45, 7) is 2.66. The molecule has 1 unspecified atom stereocenters. The zero-order chi connectivity index (χ0) is 17.5. The molecule has 0 saturated carbocycles. The molecule has 2 aromatic rings. The topological polar surface area (TPSA) is 67.2 Å². The number of fused-ring (bicyclic) bond motifs is 1. The van der Waals surface area contributed by atoms with Gasteiger partial charge in [-0.1, -0.05) is 0 Å². The van der Waals surface area contributed by atoms with Gasteiger partial charge < -0.3 is 9.80 Å². The molecular formula is C18H22N6OS. The molecule has 2 saturated heterocycles. The van der Waals surface area contributed by atoms with E-state index in [0.29, 0.717) is 12.5 Å². The van der Waals surface area contributed by atoms with Crippen LogP contribution >= 0.6 is 11.8 Å². The third kappa shape index (κ3) is 2.86. The fourth-order valence-electron chi connectivity index (χ4n) is 4.04. The predicted molar refractivity (Wildman–Crippen MR) is 102 cm³/mol. The fraction of sp³-hybridized carbons (Fsp3) is 0.556. The maximum Gasteiger partial charge on any atom is 0.227 e. The first-order valence-corrected chi connectivity index (χ1v) is 10.5. The molecule has 136 valence electrons.